The van der Waals surface area contributed by atoms with Crippen molar-refractivity contribution >= 4 is 43.5 Å². The molecule has 0 aliphatic carbocycles. The Hall–Kier alpha value is -9.32. The maximum absolute atomic E-state index is 5.59. The molecule has 0 bridgehead atoms. The average Bonchev–Trinajstić information content (AvgIpc) is 3.76. The van der Waals surface area contributed by atoms with Crippen LogP contribution in [-0.4, -0.2) is 24.5 Å². The highest BCUT2D eigenvalue weighted by Gasteiger charge is 2.20. The lowest BCUT2D eigenvalue weighted by molar-refractivity contribution is 1.07. The molecule has 3 heterocycles. The predicted molar refractivity (Wildman–Crippen MR) is 285 cm³/mol. The lowest BCUT2D eigenvalue weighted by atomic mass is 9.94. The van der Waals surface area contributed by atoms with Gasteiger partial charge >= 0.3 is 0 Å². The Bertz CT molecular complexity index is 3900. The van der Waals surface area contributed by atoms with E-state index in [4.69, 9.17) is 19.9 Å². The van der Waals surface area contributed by atoms with E-state index in [1.165, 1.54) is 21.7 Å². The number of hydrogen-bond donors (Lipinski definition) is 0. The summed E-state index contributed by atoms with van der Waals surface area (Å²) in [6, 6.07) is 87.5. The Kier molecular flexibility index (Phi) is 9.76. The summed E-state index contributed by atoms with van der Waals surface area (Å²) < 4.78 is 2.38. The summed E-state index contributed by atoms with van der Waals surface area (Å²) in [6.45, 7) is 0. The lowest BCUT2D eigenvalue weighted by Gasteiger charge is -2.15. The summed E-state index contributed by atoms with van der Waals surface area (Å²) in [6.07, 6.45) is 0. The van der Waals surface area contributed by atoms with Crippen molar-refractivity contribution in [1.82, 2.24) is 24.5 Å². The molecule has 0 N–H and O–H groups in total. The van der Waals surface area contributed by atoms with E-state index in [1.807, 2.05) is 12.1 Å². The number of pyridine rings is 1. The van der Waals surface area contributed by atoms with Gasteiger partial charge < -0.3 is 4.57 Å². The van der Waals surface area contributed by atoms with Crippen molar-refractivity contribution in [2.45, 2.75) is 0 Å². The van der Waals surface area contributed by atoms with Crippen LogP contribution in [0.15, 0.2) is 249 Å². The summed E-state index contributed by atoms with van der Waals surface area (Å²) in [5.41, 5.74) is 15.9. The van der Waals surface area contributed by atoms with Crippen LogP contribution in [0, 0.1) is 0 Å². The summed E-state index contributed by atoms with van der Waals surface area (Å²) in [5, 5.41) is 5.81. The molecule has 5 nitrogen and oxygen atoms in total. The third kappa shape index (κ3) is 7.21. The normalized spacial score (nSPS) is 11.5. The quantitative estimate of drug-likeness (QED) is 0.143. The van der Waals surface area contributed by atoms with Gasteiger partial charge in [0.25, 0.3) is 0 Å². The van der Waals surface area contributed by atoms with Crippen LogP contribution in [0.2, 0.25) is 0 Å². The SMILES string of the molecule is c1ccc(-c2ccc(-c3nc(-c4ccc(-c5ccccc5)cc4)nc(-c4ccc(-c5cccc6c5nc(-c5ccccc5)c5cc7c(cc56)c5ccccc5n7-c5ccccc5)cc4)n3)cc2)cc1. The maximum Gasteiger partial charge on any atom is 0.164 e. The van der Waals surface area contributed by atoms with Gasteiger partial charge in [-0.15, -0.1) is 0 Å². The number of benzene rings is 10. The third-order valence-corrected chi connectivity index (χ3v) is 13.3. The van der Waals surface area contributed by atoms with Crippen molar-refractivity contribution in [3.63, 3.8) is 0 Å². The number of para-hydroxylation sites is 3. The zero-order valence-electron chi connectivity index (χ0n) is 37.4. The van der Waals surface area contributed by atoms with Crippen LogP contribution >= 0.6 is 0 Å². The number of hydrogen-bond acceptors (Lipinski definition) is 4. The Morgan fingerprint density at radius 1 is 0.246 bits per heavy atom. The molecular weight excluding hydrogens is 839 g/mol. The summed E-state index contributed by atoms with van der Waals surface area (Å²) >= 11 is 0. The van der Waals surface area contributed by atoms with Crippen LogP contribution in [0.5, 0.6) is 0 Å². The Labute approximate surface area is 399 Å². The topological polar surface area (TPSA) is 56.5 Å². The van der Waals surface area contributed by atoms with Gasteiger partial charge in [0.15, 0.2) is 17.5 Å². The minimum Gasteiger partial charge on any atom is -0.309 e. The fraction of sp³-hybridized carbons (Fsp3) is 0. The van der Waals surface area contributed by atoms with Crippen molar-refractivity contribution in [3.8, 4) is 84.5 Å². The van der Waals surface area contributed by atoms with E-state index < -0.39 is 0 Å². The first-order chi connectivity index (χ1) is 34.2. The van der Waals surface area contributed by atoms with Crippen LogP contribution in [0.3, 0.4) is 0 Å². The molecule has 0 saturated carbocycles. The third-order valence-electron chi connectivity index (χ3n) is 13.3. The molecule has 0 fully saturated rings. The second-order valence-electron chi connectivity index (χ2n) is 17.4. The summed E-state index contributed by atoms with van der Waals surface area (Å²) in [5.74, 6) is 1.84. The molecule has 0 radical (unpaired) electrons. The molecule has 13 aromatic rings. The summed E-state index contributed by atoms with van der Waals surface area (Å²) in [7, 11) is 0. The molecule has 13 rings (SSSR count). The minimum absolute atomic E-state index is 0.605. The van der Waals surface area contributed by atoms with Crippen LogP contribution < -0.4 is 0 Å². The Morgan fingerprint density at radius 3 is 1.23 bits per heavy atom. The standard InChI is InChI=1S/C64H41N5/c1-5-16-42(17-6-1)44-28-34-48(35-29-44)62-66-63(49-36-30-45(31-37-49)43-18-7-2-8-19-43)68-64(67-62)50-38-32-46(33-39-50)52-25-15-26-54-55-40-56-53-24-13-14-27-58(53)69(51-22-11-4-12-23-51)59(56)41-57(55)60(65-61(52)54)47-20-9-3-10-21-47/h1-41H. The van der Waals surface area contributed by atoms with Crippen molar-refractivity contribution in [3.05, 3.63) is 249 Å². The smallest absolute Gasteiger partial charge is 0.164 e. The molecule has 0 saturated heterocycles. The number of nitrogens with zero attached hydrogens (tertiary/aromatic N) is 5. The first-order valence-electron chi connectivity index (χ1n) is 23.3. The first-order valence-corrected chi connectivity index (χ1v) is 23.3. The highest BCUT2D eigenvalue weighted by Crippen LogP contribution is 2.42. The maximum atomic E-state index is 5.59. The van der Waals surface area contributed by atoms with E-state index in [0.717, 1.165) is 88.8 Å². The fourth-order valence-corrected chi connectivity index (χ4v) is 9.84. The molecule has 0 aliphatic heterocycles. The monoisotopic (exact) mass is 879 g/mol. The Balaban J connectivity index is 0.942. The van der Waals surface area contributed by atoms with Crippen molar-refractivity contribution in [1.29, 1.82) is 0 Å². The minimum atomic E-state index is 0.605. The highest BCUT2D eigenvalue weighted by molar-refractivity contribution is 6.21. The van der Waals surface area contributed by atoms with Gasteiger partial charge in [-0.1, -0.05) is 218 Å². The number of rotatable bonds is 8. The van der Waals surface area contributed by atoms with Crippen LogP contribution in [0.25, 0.3) is 128 Å². The van der Waals surface area contributed by atoms with Crippen molar-refractivity contribution in [2.24, 2.45) is 0 Å². The van der Waals surface area contributed by atoms with Crippen LogP contribution in [0.1, 0.15) is 0 Å². The first kappa shape index (κ1) is 40.0. The molecule has 69 heavy (non-hydrogen) atoms. The van der Waals surface area contributed by atoms with Gasteiger partial charge in [0.05, 0.1) is 22.2 Å². The van der Waals surface area contributed by atoms with Gasteiger partial charge in [-0.05, 0) is 63.5 Å². The predicted octanol–water partition coefficient (Wildman–Crippen LogP) is 16.3. The zero-order chi connectivity index (χ0) is 45.7. The van der Waals surface area contributed by atoms with Gasteiger partial charge in [0.2, 0.25) is 0 Å². The molecule has 322 valence electrons. The van der Waals surface area contributed by atoms with E-state index in [0.29, 0.717) is 17.5 Å². The molecule has 0 aliphatic rings. The van der Waals surface area contributed by atoms with E-state index in [1.54, 1.807) is 0 Å². The zero-order valence-corrected chi connectivity index (χ0v) is 37.4. The van der Waals surface area contributed by atoms with Crippen LogP contribution in [0.4, 0.5) is 0 Å². The highest BCUT2D eigenvalue weighted by atomic mass is 15.0. The van der Waals surface area contributed by atoms with E-state index in [2.05, 4.69) is 241 Å². The Morgan fingerprint density at radius 2 is 0.681 bits per heavy atom. The fourth-order valence-electron chi connectivity index (χ4n) is 9.84. The molecule has 10 aromatic carbocycles. The molecule has 5 heteroatoms. The van der Waals surface area contributed by atoms with Crippen molar-refractivity contribution < 1.29 is 0 Å². The largest absolute Gasteiger partial charge is 0.309 e. The van der Waals surface area contributed by atoms with Gasteiger partial charge in [-0.3, -0.25) is 0 Å². The van der Waals surface area contributed by atoms with E-state index >= 15 is 0 Å². The van der Waals surface area contributed by atoms with Gasteiger partial charge in [0, 0.05) is 55.0 Å². The van der Waals surface area contributed by atoms with Gasteiger partial charge in [-0.25, -0.2) is 19.9 Å². The lowest BCUT2D eigenvalue weighted by Crippen LogP contribution is -2.00. The van der Waals surface area contributed by atoms with Crippen LogP contribution in [-0.2, 0) is 0 Å². The van der Waals surface area contributed by atoms with E-state index in [9.17, 15) is 0 Å². The molecule has 0 unspecified atom stereocenters. The molecule has 0 amide bonds. The summed E-state index contributed by atoms with van der Waals surface area (Å²) in [4.78, 5) is 20.9. The average molecular weight is 880 g/mol. The second kappa shape index (κ2) is 16.8. The number of fused-ring (bicyclic) bond motifs is 6. The van der Waals surface area contributed by atoms with Gasteiger partial charge in [0.1, 0.15) is 0 Å². The molecule has 0 atom stereocenters. The molecule has 3 aromatic heterocycles. The molecule has 0 spiro atoms. The second-order valence-corrected chi connectivity index (χ2v) is 17.4. The molecular formula is C64H41N5. The van der Waals surface area contributed by atoms with Gasteiger partial charge in [-0.2, -0.15) is 0 Å². The van der Waals surface area contributed by atoms with E-state index in [-0.39, 0.29) is 0 Å². The number of aromatic nitrogens is 5. The van der Waals surface area contributed by atoms with Crippen molar-refractivity contribution in [2.75, 3.05) is 0 Å².